The van der Waals surface area contributed by atoms with Crippen LogP contribution in [0.25, 0.3) is 0 Å². The molecule has 3 nitrogen and oxygen atoms in total. The Kier molecular flexibility index (Phi) is 10.8. The molecule has 1 atom stereocenters. The van der Waals surface area contributed by atoms with E-state index in [0.717, 1.165) is 36.8 Å². The smallest absolute Gasteiger partial charge is 0.176 e. The molecule has 0 spiro atoms. The Labute approximate surface area is 234 Å². The summed E-state index contributed by atoms with van der Waals surface area (Å²) in [6.07, 6.45) is 5.56. The average Bonchev–Trinajstić information content (AvgIpc) is 2.89. The van der Waals surface area contributed by atoms with Crippen LogP contribution in [0.5, 0.6) is 0 Å². The molecule has 0 heterocycles. The van der Waals surface area contributed by atoms with Gasteiger partial charge in [0.05, 0.1) is 9.84 Å². The lowest BCUT2D eigenvalue weighted by molar-refractivity contribution is -0.129. The molecule has 0 bridgehead atoms. The highest BCUT2D eigenvalue weighted by molar-refractivity contribution is 14.1. The van der Waals surface area contributed by atoms with Crippen molar-refractivity contribution in [3.63, 3.8) is 0 Å². The maximum Gasteiger partial charge on any atom is 0.176 e. The van der Waals surface area contributed by atoms with Crippen molar-refractivity contribution >= 4 is 39.9 Å². The summed E-state index contributed by atoms with van der Waals surface area (Å²) in [5.41, 5.74) is 6.45. The monoisotopic (exact) mass is 604 g/mol. The summed E-state index contributed by atoms with van der Waals surface area (Å²) in [5.74, 6) is 4.63. The van der Waals surface area contributed by atoms with E-state index in [-0.39, 0.29) is 17.3 Å². The number of halogens is 1. The first-order chi connectivity index (χ1) is 17.8. The molecule has 0 aliphatic carbocycles. The van der Waals surface area contributed by atoms with E-state index in [1.165, 1.54) is 37.0 Å². The Balaban J connectivity index is 1.57. The van der Waals surface area contributed by atoms with Crippen LogP contribution in [-0.2, 0) is 28.9 Å². The fraction of sp³-hybridized carbons (Fsp3) is 0.303. The van der Waals surface area contributed by atoms with Crippen LogP contribution in [0.2, 0.25) is 0 Å². The van der Waals surface area contributed by atoms with E-state index in [2.05, 4.69) is 67.3 Å². The van der Waals surface area contributed by atoms with Crippen LogP contribution < -0.4 is 0 Å². The predicted octanol–water partition coefficient (Wildman–Crippen LogP) is 6.99. The fourth-order valence-electron chi connectivity index (χ4n) is 4.42. The number of hydrogen-bond acceptors (Lipinski definition) is 3. The van der Waals surface area contributed by atoms with Crippen molar-refractivity contribution in [3.05, 3.63) is 106 Å². The molecular weight excluding hydrogens is 571 g/mol. The van der Waals surface area contributed by atoms with Crippen LogP contribution in [-0.4, -0.2) is 21.3 Å². The summed E-state index contributed by atoms with van der Waals surface area (Å²) >= 11 is 1.90. The summed E-state index contributed by atoms with van der Waals surface area (Å²) in [6, 6.07) is 24.2. The number of carbonyl (C=O) groups is 3. The zero-order valence-electron chi connectivity index (χ0n) is 21.7. The maximum atomic E-state index is 12.8. The number of alkyl halides is 1. The van der Waals surface area contributed by atoms with Gasteiger partial charge in [-0.1, -0.05) is 96.3 Å². The Bertz CT molecular complexity index is 1280. The third-order valence-corrected chi connectivity index (χ3v) is 7.73. The lowest BCUT2D eigenvalue weighted by Crippen LogP contribution is -2.34. The number of benzene rings is 3. The minimum absolute atomic E-state index is 0.222. The largest absolute Gasteiger partial charge is 0.299 e. The van der Waals surface area contributed by atoms with Gasteiger partial charge in [-0.25, -0.2) is 0 Å². The Morgan fingerprint density at radius 3 is 1.76 bits per heavy atom. The maximum absolute atomic E-state index is 12.8. The third kappa shape index (κ3) is 8.23. The molecule has 37 heavy (non-hydrogen) atoms. The summed E-state index contributed by atoms with van der Waals surface area (Å²) in [7, 11) is 0. The topological polar surface area (TPSA) is 51.2 Å². The molecule has 0 saturated carbocycles. The van der Waals surface area contributed by atoms with Crippen molar-refractivity contribution in [2.24, 2.45) is 5.92 Å². The Morgan fingerprint density at radius 1 is 0.730 bits per heavy atom. The van der Waals surface area contributed by atoms with Crippen LogP contribution in [0, 0.1) is 17.8 Å². The molecule has 190 valence electrons. The van der Waals surface area contributed by atoms with Crippen molar-refractivity contribution in [2.75, 3.05) is 0 Å². The number of aryl methyl sites for hydroxylation is 3. The molecular formula is C33H33IO3. The lowest BCUT2D eigenvalue weighted by Gasteiger charge is -2.16. The minimum Gasteiger partial charge on any atom is -0.299 e. The Morgan fingerprint density at radius 2 is 1.24 bits per heavy atom. The Hall–Kier alpha value is -3.04. The molecule has 3 aromatic carbocycles. The summed E-state index contributed by atoms with van der Waals surface area (Å²) < 4.78 is -0.714. The molecule has 3 aromatic rings. The van der Waals surface area contributed by atoms with Gasteiger partial charge in [-0.2, -0.15) is 0 Å². The van der Waals surface area contributed by atoms with E-state index in [0.29, 0.717) is 5.56 Å². The van der Waals surface area contributed by atoms with Crippen molar-refractivity contribution in [2.45, 2.75) is 56.8 Å². The molecule has 0 radical (unpaired) electrons. The summed E-state index contributed by atoms with van der Waals surface area (Å²) in [5, 5.41) is 0. The zero-order valence-corrected chi connectivity index (χ0v) is 23.9. The van der Waals surface area contributed by atoms with Crippen molar-refractivity contribution in [1.29, 1.82) is 0 Å². The van der Waals surface area contributed by atoms with Crippen LogP contribution in [0.1, 0.15) is 71.8 Å². The second-order valence-electron chi connectivity index (χ2n) is 9.36. The molecule has 0 aromatic heterocycles. The lowest BCUT2D eigenvalue weighted by atomic mass is 9.92. The quantitative estimate of drug-likeness (QED) is 0.0780. The van der Waals surface area contributed by atoms with Crippen LogP contribution >= 0.6 is 22.6 Å². The van der Waals surface area contributed by atoms with Gasteiger partial charge in [-0.05, 0) is 80.5 Å². The molecule has 0 aliphatic rings. The molecule has 0 aliphatic heterocycles. The van der Waals surface area contributed by atoms with Crippen LogP contribution in [0.15, 0.2) is 72.8 Å². The SMILES string of the molecule is CCCc1ccccc1CCCc1ccc(C#Cc2ccc(C(=O)C(I)C(C(C)=O)C(C)=O)cc2)cc1. The second-order valence-corrected chi connectivity index (χ2v) is 10.7. The van der Waals surface area contributed by atoms with Crippen LogP contribution in [0.4, 0.5) is 0 Å². The van der Waals surface area contributed by atoms with E-state index >= 15 is 0 Å². The first-order valence-electron chi connectivity index (χ1n) is 12.8. The molecule has 3 rings (SSSR count). The zero-order chi connectivity index (χ0) is 26.8. The molecule has 0 saturated heterocycles. The number of rotatable bonds is 11. The average molecular weight is 605 g/mol. The van der Waals surface area contributed by atoms with E-state index in [9.17, 15) is 14.4 Å². The van der Waals surface area contributed by atoms with Gasteiger partial charge in [-0.3, -0.25) is 14.4 Å². The standard InChI is InChI=1S/C33H33IO3/c1-4-8-28-10-5-6-11-29(28)12-7-9-25-13-15-26(16-14-25)17-18-27-19-21-30(22-20-27)33(37)32(34)31(23(2)35)24(3)36/h5-6,10-11,13-16,19-22,31-32H,4,7-9,12H2,1-3H3. The van der Waals surface area contributed by atoms with Gasteiger partial charge in [0.25, 0.3) is 0 Å². The highest BCUT2D eigenvalue weighted by Crippen LogP contribution is 2.22. The van der Waals surface area contributed by atoms with E-state index in [1.807, 2.05) is 22.6 Å². The van der Waals surface area contributed by atoms with Gasteiger partial charge < -0.3 is 0 Å². The fourth-order valence-corrected chi connectivity index (χ4v) is 5.80. The number of Topliss-reactive ketones (excluding diaryl/α,β-unsaturated/α-hetero) is 3. The van der Waals surface area contributed by atoms with Gasteiger partial charge >= 0.3 is 0 Å². The summed E-state index contributed by atoms with van der Waals surface area (Å²) in [4.78, 5) is 36.4. The van der Waals surface area contributed by atoms with Crippen molar-refractivity contribution in [1.82, 2.24) is 0 Å². The highest BCUT2D eigenvalue weighted by Gasteiger charge is 2.33. The van der Waals surface area contributed by atoms with Crippen molar-refractivity contribution in [3.8, 4) is 11.8 Å². The van der Waals surface area contributed by atoms with Gasteiger partial charge in [0.15, 0.2) is 5.78 Å². The third-order valence-electron chi connectivity index (χ3n) is 6.44. The molecule has 0 N–H and O–H groups in total. The number of carbonyl (C=O) groups excluding carboxylic acids is 3. The first kappa shape index (κ1) is 28.5. The second kappa shape index (κ2) is 14.0. The molecule has 0 fully saturated rings. The van der Waals surface area contributed by atoms with Gasteiger partial charge in [0.1, 0.15) is 11.6 Å². The normalized spacial score (nSPS) is 11.5. The highest BCUT2D eigenvalue weighted by atomic mass is 127. The van der Waals surface area contributed by atoms with Gasteiger partial charge in [0, 0.05) is 16.7 Å². The number of hydrogen-bond donors (Lipinski definition) is 0. The molecule has 1 unspecified atom stereocenters. The van der Waals surface area contributed by atoms with Gasteiger partial charge in [-0.15, -0.1) is 0 Å². The van der Waals surface area contributed by atoms with Crippen molar-refractivity contribution < 1.29 is 14.4 Å². The first-order valence-corrected chi connectivity index (χ1v) is 14.0. The van der Waals surface area contributed by atoms with E-state index in [1.54, 1.807) is 24.3 Å². The number of ketones is 3. The van der Waals surface area contributed by atoms with Crippen LogP contribution in [0.3, 0.4) is 0 Å². The molecule has 4 heteroatoms. The van der Waals surface area contributed by atoms with E-state index < -0.39 is 9.84 Å². The van der Waals surface area contributed by atoms with Gasteiger partial charge in [0.2, 0.25) is 0 Å². The van der Waals surface area contributed by atoms with E-state index in [4.69, 9.17) is 0 Å². The minimum atomic E-state index is -0.910. The predicted molar refractivity (Wildman–Crippen MR) is 158 cm³/mol. The molecule has 0 amide bonds. The summed E-state index contributed by atoms with van der Waals surface area (Å²) in [6.45, 7) is 4.93.